The normalized spacial score (nSPS) is 16.9. The van der Waals surface area contributed by atoms with Crippen LogP contribution in [0.1, 0.15) is 33.7 Å². The molecule has 1 aliphatic rings. The Morgan fingerprint density at radius 3 is 2.62 bits per heavy atom. The van der Waals surface area contributed by atoms with E-state index in [2.05, 4.69) is 18.2 Å². The van der Waals surface area contributed by atoms with Crippen molar-refractivity contribution in [3.05, 3.63) is 76.1 Å². The molecule has 1 unspecified atom stereocenters. The summed E-state index contributed by atoms with van der Waals surface area (Å²) in [6.45, 7) is 3.92. The summed E-state index contributed by atoms with van der Waals surface area (Å²) in [7, 11) is 0. The molecule has 0 radical (unpaired) electrons. The second-order valence-electron chi connectivity index (χ2n) is 5.70. The fourth-order valence-corrected chi connectivity index (χ4v) is 2.91. The summed E-state index contributed by atoms with van der Waals surface area (Å²) in [6, 6.07) is 11.0. The number of fused-ring (bicyclic) bond motifs is 1. The van der Waals surface area contributed by atoms with Crippen LogP contribution in [-0.2, 0) is 11.2 Å². The number of rotatable bonds is 2. The molecule has 2 aromatic carbocycles. The van der Waals surface area contributed by atoms with Crippen LogP contribution < -0.4 is 0 Å². The van der Waals surface area contributed by atoms with E-state index in [9.17, 15) is 9.18 Å². The van der Waals surface area contributed by atoms with Crippen molar-refractivity contribution in [2.75, 3.05) is 0 Å². The molecule has 0 heterocycles. The molecule has 1 aliphatic carbocycles. The van der Waals surface area contributed by atoms with E-state index < -0.39 is 0 Å². The molecule has 0 aromatic heterocycles. The summed E-state index contributed by atoms with van der Waals surface area (Å²) in [6.07, 6.45) is 4.15. The Hall–Kier alpha value is -2.22. The molecule has 3 rings (SSSR count). The van der Waals surface area contributed by atoms with E-state index in [-0.39, 0.29) is 17.5 Å². The van der Waals surface area contributed by atoms with E-state index in [0.717, 1.165) is 27.8 Å². The van der Waals surface area contributed by atoms with Gasteiger partial charge in [0.15, 0.2) is 5.78 Å². The van der Waals surface area contributed by atoms with Crippen LogP contribution in [0.4, 0.5) is 4.39 Å². The SMILES string of the molecule is Cc1ccc2c(c1)C(Cc1ccc(F)cc1C)C(=O)C=C2. The first-order valence-corrected chi connectivity index (χ1v) is 7.12. The molecule has 1 atom stereocenters. The summed E-state index contributed by atoms with van der Waals surface area (Å²) in [5.41, 5.74) is 5.25. The Morgan fingerprint density at radius 1 is 1.05 bits per heavy atom. The number of carbonyl (C=O) groups excluding carboxylic acids is 1. The zero-order chi connectivity index (χ0) is 15.0. The van der Waals surface area contributed by atoms with Gasteiger partial charge in [0.2, 0.25) is 0 Å². The van der Waals surface area contributed by atoms with Gasteiger partial charge in [-0.25, -0.2) is 4.39 Å². The first-order chi connectivity index (χ1) is 10.0. The van der Waals surface area contributed by atoms with Crippen molar-refractivity contribution in [3.8, 4) is 0 Å². The predicted molar refractivity (Wildman–Crippen MR) is 82.8 cm³/mol. The zero-order valence-corrected chi connectivity index (χ0v) is 12.2. The number of carbonyl (C=O) groups is 1. The van der Waals surface area contributed by atoms with Gasteiger partial charge >= 0.3 is 0 Å². The van der Waals surface area contributed by atoms with Gasteiger partial charge in [0, 0.05) is 0 Å². The molecule has 0 aliphatic heterocycles. The van der Waals surface area contributed by atoms with E-state index in [4.69, 9.17) is 0 Å². The van der Waals surface area contributed by atoms with Gasteiger partial charge in [0.05, 0.1) is 5.92 Å². The Kier molecular flexibility index (Phi) is 3.46. The lowest BCUT2D eigenvalue weighted by Crippen LogP contribution is -2.18. The minimum absolute atomic E-state index is 0.122. The summed E-state index contributed by atoms with van der Waals surface area (Å²) in [4.78, 5) is 12.3. The third kappa shape index (κ3) is 2.66. The fraction of sp³-hybridized carbons (Fsp3) is 0.211. The molecular weight excluding hydrogens is 263 g/mol. The molecule has 2 aromatic rings. The molecule has 0 fully saturated rings. The highest BCUT2D eigenvalue weighted by atomic mass is 19.1. The average Bonchev–Trinajstić information content (AvgIpc) is 2.44. The standard InChI is InChI=1S/C19H17FO/c1-12-3-4-14-6-8-19(21)18(17(14)9-12)11-15-5-7-16(20)10-13(15)2/h3-10,18H,11H2,1-2H3. The van der Waals surface area contributed by atoms with Crippen LogP contribution in [0.5, 0.6) is 0 Å². The Labute approximate surface area is 124 Å². The lowest BCUT2D eigenvalue weighted by atomic mass is 9.81. The quantitative estimate of drug-likeness (QED) is 0.798. The van der Waals surface area contributed by atoms with E-state index in [1.807, 2.05) is 19.9 Å². The average molecular weight is 280 g/mol. The molecular formula is C19H17FO. The van der Waals surface area contributed by atoms with E-state index >= 15 is 0 Å². The van der Waals surface area contributed by atoms with E-state index in [1.165, 1.54) is 12.1 Å². The third-order valence-electron chi connectivity index (χ3n) is 4.12. The number of hydrogen-bond donors (Lipinski definition) is 0. The highest BCUT2D eigenvalue weighted by Crippen LogP contribution is 2.32. The van der Waals surface area contributed by atoms with E-state index in [1.54, 1.807) is 12.1 Å². The van der Waals surface area contributed by atoms with Crippen LogP contribution in [0.3, 0.4) is 0 Å². The zero-order valence-electron chi connectivity index (χ0n) is 12.2. The second kappa shape index (κ2) is 5.28. The second-order valence-corrected chi connectivity index (χ2v) is 5.70. The van der Waals surface area contributed by atoms with Crippen LogP contribution in [0.15, 0.2) is 42.5 Å². The van der Waals surface area contributed by atoms with Gasteiger partial charge in [0.25, 0.3) is 0 Å². The summed E-state index contributed by atoms with van der Waals surface area (Å²) in [5, 5.41) is 0. The largest absolute Gasteiger partial charge is 0.294 e. The number of allylic oxidation sites excluding steroid dienone is 1. The molecule has 0 N–H and O–H groups in total. The van der Waals surface area contributed by atoms with Gasteiger partial charge in [-0.15, -0.1) is 0 Å². The fourth-order valence-electron chi connectivity index (χ4n) is 2.91. The topological polar surface area (TPSA) is 17.1 Å². The highest BCUT2D eigenvalue weighted by molar-refractivity contribution is 6.02. The predicted octanol–water partition coefficient (Wildman–Crippen LogP) is 4.36. The Balaban J connectivity index is 2.00. The van der Waals surface area contributed by atoms with Gasteiger partial charge in [-0.3, -0.25) is 4.79 Å². The van der Waals surface area contributed by atoms with Gasteiger partial charge in [0.1, 0.15) is 5.82 Å². The smallest absolute Gasteiger partial charge is 0.163 e. The molecule has 21 heavy (non-hydrogen) atoms. The van der Waals surface area contributed by atoms with Crippen molar-refractivity contribution in [3.63, 3.8) is 0 Å². The summed E-state index contributed by atoms with van der Waals surface area (Å²) >= 11 is 0. The first-order valence-electron chi connectivity index (χ1n) is 7.12. The number of ketones is 1. The Morgan fingerprint density at radius 2 is 1.86 bits per heavy atom. The van der Waals surface area contributed by atoms with Crippen LogP contribution in [0.25, 0.3) is 6.08 Å². The van der Waals surface area contributed by atoms with Crippen molar-refractivity contribution >= 4 is 11.9 Å². The molecule has 0 amide bonds. The first kappa shape index (κ1) is 13.7. The Bertz CT molecular complexity index is 743. The molecule has 0 spiro atoms. The third-order valence-corrected chi connectivity index (χ3v) is 4.12. The van der Waals surface area contributed by atoms with Crippen LogP contribution in [0.2, 0.25) is 0 Å². The van der Waals surface area contributed by atoms with Gasteiger partial charge in [-0.1, -0.05) is 35.9 Å². The van der Waals surface area contributed by atoms with Crippen molar-refractivity contribution < 1.29 is 9.18 Å². The summed E-state index contributed by atoms with van der Waals surface area (Å²) in [5.74, 6) is -0.284. The number of aryl methyl sites for hydroxylation is 2. The molecule has 106 valence electrons. The van der Waals surface area contributed by atoms with E-state index in [0.29, 0.717) is 6.42 Å². The van der Waals surface area contributed by atoms with Crippen LogP contribution in [-0.4, -0.2) is 5.78 Å². The molecule has 0 saturated heterocycles. The van der Waals surface area contributed by atoms with Gasteiger partial charge < -0.3 is 0 Å². The van der Waals surface area contributed by atoms with Crippen molar-refractivity contribution in [2.45, 2.75) is 26.2 Å². The van der Waals surface area contributed by atoms with Crippen molar-refractivity contribution in [2.24, 2.45) is 0 Å². The maximum atomic E-state index is 13.2. The minimum Gasteiger partial charge on any atom is -0.294 e. The van der Waals surface area contributed by atoms with Gasteiger partial charge in [-0.2, -0.15) is 0 Å². The van der Waals surface area contributed by atoms with Gasteiger partial charge in [-0.05, 0) is 60.7 Å². The van der Waals surface area contributed by atoms with Crippen LogP contribution >= 0.6 is 0 Å². The number of halogens is 1. The molecule has 0 saturated carbocycles. The monoisotopic (exact) mass is 280 g/mol. The van der Waals surface area contributed by atoms with Crippen molar-refractivity contribution in [1.29, 1.82) is 0 Å². The molecule has 0 bridgehead atoms. The highest BCUT2D eigenvalue weighted by Gasteiger charge is 2.25. The summed E-state index contributed by atoms with van der Waals surface area (Å²) < 4.78 is 13.2. The lowest BCUT2D eigenvalue weighted by molar-refractivity contribution is -0.116. The van der Waals surface area contributed by atoms with Crippen molar-refractivity contribution in [1.82, 2.24) is 0 Å². The molecule has 2 heteroatoms. The maximum absolute atomic E-state index is 13.2. The maximum Gasteiger partial charge on any atom is 0.163 e. The number of hydrogen-bond acceptors (Lipinski definition) is 1. The number of benzene rings is 2. The van der Waals surface area contributed by atoms with Crippen LogP contribution in [0, 0.1) is 19.7 Å². The molecule has 1 nitrogen and oxygen atoms in total. The lowest BCUT2D eigenvalue weighted by Gasteiger charge is -2.22. The minimum atomic E-state index is -0.234.